The van der Waals surface area contributed by atoms with Gasteiger partial charge in [0, 0.05) is 35.4 Å². The van der Waals surface area contributed by atoms with Gasteiger partial charge in [-0.05, 0) is 12.1 Å². The molecule has 4 N–H and O–H groups in total. The summed E-state index contributed by atoms with van der Waals surface area (Å²) >= 11 is 0. The molecule has 104 valence electrons. The molecule has 0 radical (unpaired) electrons. The summed E-state index contributed by atoms with van der Waals surface area (Å²) in [6.45, 7) is 0. The Bertz CT molecular complexity index is 917. The summed E-state index contributed by atoms with van der Waals surface area (Å²) in [5.74, 6) is -0.270. The number of hydrogen-bond acceptors (Lipinski definition) is 4. The van der Waals surface area contributed by atoms with E-state index in [1.165, 1.54) is 0 Å². The second kappa shape index (κ2) is 3.95. The number of carbonyl (C=O) groups excluding carboxylic acids is 1. The lowest BCUT2D eigenvalue weighted by Crippen LogP contribution is -2.16. The summed E-state index contributed by atoms with van der Waals surface area (Å²) < 4.78 is 1.86. The van der Waals surface area contributed by atoms with Crippen molar-refractivity contribution >= 4 is 28.7 Å². The zero-order valence-electron chi connectivity index (χ0n) is 11.2. The van der Waals surface area contributed by atoms with E-state index in [2.05, 4.69) is 20.5 Å². The van der Waals surface area contributed by atoms with Crippen molar-refractivity contribution in [3.05, 3.63) is 35.8 Å². The van der Waals surface area contributed by atoms with E-state index in [0.717, 1.165) is 27.9 Å². The summed E-state index contributed by atoms with van der Waals surface area (Å²) in [4.78, 5) is 19.7. The number of anilines is 1. The molecule has 1 amide bonds. The zero-order valence-corrected chi connectivity index (χ0v) is 11.2. The number of carbonyl (C=O) groups is 1. The average molecular weight is 280 g/mol. The normalized spacial score (nSPS) is 13.5. The Balaban J connectivity index is 2.12. The molecule has 0 aliphatic carbocycles. The van der Waals surface area contributed by atoms with Crippen LogP contribution >= 0.6 is 0 Å². The number of nitrogens with one attached hydrogen (secondary N) is 2. The maximum Gasteiger partial charge on any atom is 0.272 e. The Morgan fingerprint density at radius 3 is 2.95 bits per heavy atom. The highest BCUT2D eigenvalue weighted by atomic mass is 16.2. The highest BCUT2D eigenvalue weighted by Gasteiger charge is 2.22. The van der Waals surface area contributed by atoms with E-state index in [1.807, 2.05) is 17.8 Å². The number of nitrogen functional groups attached to an aromatic ring is 1. The van der Waals surface area contributed by atoms with Crippen LogP contribution in [0.4, 0.5) is 5.69 Å². The Labute approximate surface area is 119 Å². The van der Waals surface area contributed by atoms with Gasteiger partial charge in [-0.3, -0.25) is 4.79 Å². The van der Waals surface area contributed by atoms with Crippen LogP contribution in [0.2, 0.25) is 0 Å². The molecule has 4 rings (SSSR count). The average Bonchev–Trinajstić information content (AvgIpc) is 2.97. The first kappa shape index (κ1) is 11.7. The van der Waals surface area contributed by atoms with Crippen LogP contribution in [0.25, 0.3) is 22.3 Å². The first-order chi connectivity index (χ1) is 10.1. The summed E-state index contributed by atoms with van der Waals surface area (Å²) in [5, 5.41) is 4.78. The SMILES string of the molecule is Cn1cnc(-c2[nH]c3cc(N)cc4c3c2C=NNC4=O)c1. The van der Waals surface area contributed by atoms with E-state index in [-0.39, 0.29) is 5.91 Å². The molecule has 0 bridgehead atoms. The van der Waals surface area contributed by atoms with Crippen LogP contribution in [-0.2, 0) is 7.05 Å². The van der Waals surface area contributed by atoms with Gasteiger partial charge >= 0.3 is 0 Å². The molecule has 0 saturated heterocycles. The van der Waals surface area contributed by atoms with Crippen molar-refractivity contribution in [1.29, 1.82) is 0 Å². The minimum atomic E-state index is -0.270. The van der Waals surface area contributed by atoms with Gasteiger partial charge in [0.1, 0.15) is 5.69 Å². The lowest BCUT2D eigenvalue weighted by molar-refractivity contribution is 0.0957. The topological polar surface area (TPSA) is 101 Å². The van der Waals surface area contributed by atoms with Gasteiger partial charge in [-0.15, -0.1) is 0 Å². The number of aromatic amines is 1. The smallest absolute Gasteiger partial charge is 0.272 e. The van der Waals surface area contributed by atoms with Gasteiger partial charge < -0.3 is 15.3 Å². The molecular formula is C14H12N6O. The molecular weight excluding hydrogens is 268 g/mol. The van der Waals surface area contributed by atoms with Crippen LogP contribution in [0.15, 0.2) is 29.8 Å². The van der Waals surface area contributed by atoms with E-state index in [0.29, 0.717) is 11.3 Å². The van der Waals surface area contributed by atoms with Crippen LogP contribution in [0, 0.1) is 0 Å². The van der Waals surface area contributed by atoms with Crippen molar-refractivity contribution < 1.29 is 4.79 Å². The number of rotatable bonds is 1. The summed E-state index contributed by atoms with van der Waals surface area (Å²) in [7, 11) is 1.90. The number of benzene rings is 1. The monoisotopic (exact) mass is 280 g/mol. The highest BCUT2D eigenvalue weighted by molar-refractivity contribution is 6.17. The number of aromatic nitrogens is 3. The number of aryl methyl sites for hydroxylation is 1. The molecule has 0 spiro atoms. The first-order valence-electron chi connectivity index (χ1n) is 6.40. The van der Waals surface area contributed by atoms with Gasteiger partial charge in [0.15, 0.2) is 0 Å². The fraction of sp³-hybridized carbons (Fsp3) is 0.0714. The second-order valence-corrected chi connectivity index (χ2v) is 5.03. The van der Waals surface area contributed by atoms with Gasteiger partial charge in [0.05, 0.1) is 23.8 Å². The third-order valence-corrected chi connectivity index (χ3v) is 3.52. The molecule has 7 nitrogen and oxygen atoms in total. The van der Waals surface area contributed by atoms with Crippen LogP contribution < -0.4 is 11.2 Å². The van der Waals surface area contributed by atoms with E-state index in [9.17, 15) is 4.79 Å². The van der Waals surface area contributed by atoms with Crippen molar-refractivity contribution in [3.8, 4) is 11.4 Å². The number of amides is 1. The van der Waals surface area contributed by atoms with Crippen LogP contribution in [-0.4, -0.2) is 26.7 Å². The molecule has 3 heterocycles. The van der Waals surface area contributed by atoms with Crippen molar-refractivity contribution in [2.75, 3.05) is 5.73 Å². The molecule has 1 aliphatic heterocycles. The van der Waals surface area contributed by atoms with Crippen molar-refractivity contribution in [3.63, 3.8) is 0 Å². The van der Waals surface area contributed by atoms with Crippen molar-refractivity contribution in [1.82, 2.24) is 20.0 Å². The molecule has 2 aromatic heterocycles. The van der Waals surface area contributed by atoms with Gasteiger partial charge in [-0.2, -0.15) is 5.10 Å². The minimum Gasteiger partial charge on any atom is -0.399 e. The fourth-order valence-electron chi connectivity index (χ4n) is 2.65. The minimum absolute atomic E-state index is 0.270. The number of nitrogens with two attached hydrogens (primary N) is 1. The van der Waals surface area contributed by atoms with Crippen molar-refractivity contribution in [2.45, 2.75) is 0 Å². The van der Waals surface area contributed by atoms with E-state index >= 15 is 0 Å². The van der Waals surface area contributed by atoms with Crippen LogP contribution in [0.5, 0.6) is 0 Å². The third kappa shape index (κ3) is 1.64. The predicted octanol–water partition coefficient (Wildman–Crippen LogP) is 1.23. The molecule has 0 saturated carbocycles. The standard InChI is InChI=1S/C14H12N6O/c1-20-5-11(16-6-20)13-9-4-17-19-14(21)8-2-7(15)3-10(18-13)12(8)9/h2-6,18H,15H2,1H3,(H,19,21). The van der Waals surface area contributed by atoms with Gasteiger partial charge in [-0.25, -0.2) is 10.4 Å². The Morgan fingerprint density at radius 2 is 2.19 bits per heavy atom. The number of H-pyrrole nitrogens is 1. The molecule has 7 heteroatoms. The second-order valence-electron chi connectivity index (χ2n) is 5.03. The van der Waals surface area contributed by atoms with E-state index in [1.54, 1.807) is 24.7 Å². The maximum absolute atomic E-state index is 12.1. The molecule has 1 aromatic carbocycles. The summed E-state index contributed by atoms with van der Waals surface area (Å²) in [5.41, 5.74) is 12.6. The summed E-state index contributed by atoms with van der Waals surface area (Å²) in [6.07, 6.45) is 5.26. The van der Waals surface area contributed by atoms with E-state index in [4.69, 9.17) is 5.73 Å². The lowest BCUT2D eigenvalue weighted by Gasteiger charge is -2.02. The number of hydrogen-bond donors (Lipinski definition) is 3. The lowest BCUT2D eigenvalue weighted by atomic mass is 10.0. The van der Waals surface area contributed by atoms with E-state index < -0.39 is 0 Å². The third-order valence-electron chi connectivity index (χ3n) is 3.52. The highest BCUT2D eigenvalue weighted by Crippen LogP contribution is 2.33. The Hall–Kier alpha value is -3.09. The first-order valence-corrected chi connectivity index (χ1v) is 6.40. The van der Waals surface area contributed by atoms with Crippen LogP contribution in [0.3, 0.4) is 0 Å². The van der Waals surface area contributed by atoms with Crippen molar-refractivity contribution in [2.24, 2.45) is 12.1 Å². The maximum atomic E-state index is 12.1. The van der Waals surface area contributed by atoms with Gasteiger partial charge in [-0.1, -0.05) is 0 Å². The number of imidazole rings is 1. The molecule has 3 aromatic rings. The zero-order chi connectivity index (χ0) is 14.6. The molecule has 21 heavy (non-hydrogen) atoms. The molecule has 0 atom stereocenters. The Morgan fingerprint density at radius 1 is 1.33 bits per heavy atom. The Kier molecular flexibility index (Phi) is 2.20. The predicted molar refractivity (Wildman–Crippen MR) is 80.0 cm³/mol. The molecule has 1 aliphatic rings. The quantitative estimate of drug-likeness (QED) is 0.584. The summed E-state index contributed by atoms with van der Waals surface area (Å²) in [6, 6.07) is 3.47. The molecule has 0 fully saturated rings. The fourth-order valence-corrected chi connectivity index (χ4v) is 2.65. The van der Waals surface area contributed by atoms with Gasteiger partial charge in [0.2, 0.25) is 0 Å². The van der Waals surface area contributed by atoms with Crippen LogP contribution in [0.1, 0.15) is 15.9 Å². The largest absolute Gasteiger partial charge is 0.399 e. The van der Waals surface area contributed by atoms with Gasteiger partial charge in [0.25, 0.3) is 5.91 Å². The number of hydrazone groups is 1. The molecule has 0 unspecified atom stereocenters. The number of nitrogens with zero attached hydrogens (tertiary/aromatic N) is 3.